The molecule has 0 unspecified atom stereocenters. The molecule has 0 bridgehead atoms. The van der Waals surface area contributed by atoms with Crippen LogP contribution in [-0.4, -0.2) is 43.8 Å². The van der Waals surface area contributed by atoms with Crippen molar-refractivity contribution in [2.24, 2.45) is 0 Å². The Balaban J connectivity index is 0.00000242. The molecule has 22 heavy (non-hydrogen) atoms. The van der Waals surface area contributed by atoms with Crippen LogP contribution in [0.2, 0.25) is 0 Å². The van der Waals surface area contributed by atoms with Crippen LogP contribution in [0, 0.1) is 10.1 Å². The Morgan fingerprint density at radius 2 is 1.95 bits per heavy atom. The predicted octanol–water partition coefficient (Wildman–Crippen LogP) is 2.15. The minimum atomic E-state index is -3.65. The molecule has 1 fully saturated rings. The van der Waals surface area contributed by atoms with Crippen molar-refractivity contribution in [2.75, 3.05) is 20.1 Å². The lowest BCUT2D eigenvalue weighted by atomic mass is 10.1. The number of halogens is 2. The van der Waals surface area contributed by atoms with Gasteiger partial charge in [-0.2, -0.15) is 4.31 Å². The van der Waals surface area contributed by atoms with Crippen molar-refractivity contribution in [3.05, 3.63) is 32.8 Å². The van der Waals surface area contributed by atoms with E-state index in [4.69, 9.17) is 0 Å². The fourth-order valence-electron chi connectivity index (χ4n) is 2.33. The Kier molecular flexibility index (Phi) is 6.75. The number of rotatable bonds is 4. The van der Waals surface area contributed by atoms with Crippen molar-refractivity contribution in [1.29, 1.82) is 0 Å². The number of nitro benzene ring substituents is 1. The average molecular weight is 415 g/mol. The number of benzene rings is 1. The van der Waals surface area contributed by atoms with Gasteiger partial charge >= 0.3 is 0 Å². The van der Waals surface area contributed by atoms with E-state index in [-0.39, 0.29) is 33.5 Å². The Bertz CT molecular complexity index is 650. The van der Waals surface area contributed by atoms with Crippen molar-refractivity contribution in [3.8, 4) is 0 Å². The number of hydrogen-bond acceptors (Lipinski definition) is 5. The molecular formula is C12H17BrClN3O4S. The molecule has 0 amide bonds. The van der Waals surface area contributed by atoms with E-state index in [0.717, 1.165) is 25.9 Å². The fourth-order valence-corrected chi connectivity index (χ4v) is 4.45. The molecule has 1 N–H and O–H groups in total. The summed E-state index contributed by atoms with van der Waals surface area (Å²) in [6.07, 6.45) is 1.51. The van der Waals surface area contributed by atoms with Crippen LogP contribution in [-0.2, 0) is 10.0 Å². The third-order valence-electron chi connectivity index (χ3n) is 3.62. The zero-order chi connectivity index (χ0) is 15.6. The van der Waals surface area contributed by atoms with Gasteiger partial charge in [-0.05, 0) is 54.0 Å². The van der Waals surface area contributed by atoms with Gasteiger partial charge in [0.1, 0.15) is 0 Å². The molecule has 0 spiro atoms. The van der Waals surface area contributed by atoms with Gasteiger partial charge in [-0.15, -0.1) is 12.4 Å². The topological polar surface area (TPSA) is 92.6 Å². The van der Waals surface area contributed by atoms with E-state index < -0.39 is 14.9 Å². The van der Waals surface area contributed by atoms with Crippen LogP contribution in [0.25, 0.3) is 0 Å². The lowest BCUT2D eigenvalue weighted by molar-refractivity contribution is -0.385. The van der Waals surface area contributed by atoms with E-state index in [1.165, 1.54) is 22.5 Å². The third kappa shape index (κ3) is 3.96. The van der Waals surface area contributed by atoms with E-state index in [0.29, 0.717) is 0 Å². The number of nitrogens with zero attached hydrogens (tertiary/aromatic N) is 2. The Morgan fingerprint density at radius 1 is 1.36 bits per heavy atom. The average Bonchev–Trinajstić information content (AvgIpc) is 2.46. The molecule has 7 nitrogen and oxygen atoms in total. The van der Waals surface area contributed by atoms with E-state index in [1.54, 1.807) is 7.05 Å². The van der Waals surface area contributed by atoms with E-state index in [1.807, 2.05) is 0 Å². The van der Waals surface area contributed by atoms with Crippen LogP contribution in [0.1, 0.15) is 12.8 Å². The largest absolute Gasteiger partial charge is 0.317 e. The van der Waals surface area contributed by atoms with Crippen molar-refractivity contribution in [3.63, 3.8) is 0 Å². The lowest BCUT2D eigenvalue weighted by Crippen LogP contribution is -2.43. The molecule has 1 aromatic rings. The monoisotopic (exact) mass is 413 g/mol. The van der Waals surface area contributed by atoms with Gasteiger partial charge in [0, 0.05) is 19.2 Å². The maximum Gasteiger partial charge on any atom is 0.283 e. The van der Waals surface area contributed by atoms with Crippen LogP contribution in [0.15, 0.2) is 27.6 Å². The fraction of sp³-hybridized carbons (Fsp3) is 0.500. The normalized spacial score (nSPS) is 16.3. The van der Waals surface area contributed by atoms with E-state index in [9.17, 15) is 18.5 Å². The summed E-state index contributed by atoms with van der Waals surface area (Å²) in [4.78, 5) is 10.3. The maximum absolute atomic E-state index is 12.6. The van der Waals surface area contributed by atoms with Gasteiger partial charge in [0.15, 0.2) is 0 Å². The highest BCUT2D eigenvalue weighted by molar-refractivity contribution is 9.10. The zero-order valence-electron chi connectivity index (χ0n) is 11.9. The molecule has 0 aliphatic carbocycles. The zero-order valence-corrected chi connectivity index (χ0v) is 15.1. The summed E-state index contributed by atoms with van der Waals surface area (Å²) in [6.45, 7) is 1.57. The molecule has 0 saturated carbocycles. The molecule has 1 aromatic carbocycles. The molecule has 124 valence electrons. The lowest BCUT2D eigenvalue weighted by Gasteiger charge is -2.30. The molecular weight excluding hydrogens is 398 g/mol. The first kappa shape index (κ1) is 19.3. The van der Waals surface area contributed by atoms with Gasteiger partial charge in [0.25, 0.3) is 5.69 Å². The quantitative estimate of drug-likeness (QED) is 0.602. The summed E-state index contributed by atoms with van der Waals surface area (Å²) >= 11 is 3.05. The van der Waals surface area contributed by atoms with Crippen LogP contribution >= 0.6 is 28.3 Å². The first-order valence-corrected chi connectivity index (χ1v) is 8.70. The minimum absolute atomic E-state index is 0. The van der Waals surface area contributed by atoms with Gasteiger partial charge < -0.3 is 5.32 Å². The van der Waals surface area contributed by atoms with E-state index in [2.05, 4.69) is 21.2 Å². The van der Waals surface area contributed by atoms with Crippen molar-refractivity contribution in [1.82, 2.24) is 9.62 Å². The second kappa shape index (κ2) is 7.69. The summed E-state index contributed by atoms with van der Waals surface area (Å²) in [6, 6.07) is 3.71. The minimum Gasteiger partial charge on any atom is -0.317 e. The van der Waals surface area contributed by atoms with Crippen LogP contribution in [0.4, 0.5) is 5.69 Å². The molecule has 0 aromatic heterocycles. The highest BCUT2D eigenvalue weighted by Gasteiger charge is 2.30. The molecule has 1 saturated heterocycles. The summed E-state index contributed by atoms with van der Waals surface area (Å²) in [5.41, 5.74) is -0.154. The predicted molar refractivity (Wildman–Crippen MR) is 88.9 cm³/mol. The van der Waals surface area contributed by atoms with Gasteiger partial charge in [0.2, 0.25) is 10.0 Å². The number of piperidine rings is 1. The number of nitrogens with one attached hydrogen (secondary N) is 1. The number of nitro groups is 1. The second-order valence-electron chi connectivity index (χ2n) is 4.87. The van der Waals surface area contributed by atoms with Crippen molar-refractivity contribution < 1.29 is 13.3 Å². The molecule has 2 rings (SSSR count). The van der Waals surface area contributed by atoms with Gasteiger partial charge in [0.05, 0.1) is 14.3 Å². The molecule has 1 aliphatic heterocycles. The Morgan fingerprint density at radius 3 is 2.45 bits per heavy atom. The third-order valence-corrected chi connectivity index (χ3v) is 6.16. The molecule has 10 heteroatoms. The van der Waals surface area contributed by atoms with Crippen molar-refractivity contribution >= 4 is 44.0 Å². The second-order valence-corrected chi connectivity index (χ2v) is 7.72. The van der Waals surface area contributed by atoms with Crippen LogP contribution < -0.4 is 5.32 Å². The smallest absolute Gasteiger partial charge is 0.283 e. The Labute approximate surface area is 143 Å². The first-order chi connectivity index (χ1) is 9.84. The molecule has 0 atom stereocenters. The molecule has 1 aliphatic rings. The highest BCUT2D eigenvalue weighted by Crippen LogP contribution is 2.29. The number of sulfonamides is 1. The summed E-state index contributed by atoms with van der Waals surface area (Å²) in [7, 11) is -2.09. The van der Waals surface area contributed by atoms with Crippen molar-refractivity contribution in [2.45, 2.75) is 23.8 Å². The van der Waals surface area contributed by atoms with Gasteiger partial charge in [-0.25, -0.2) is 8.42 Å². The Hall–Kier alpha value is -0.740. The molecule has 0 radical (unpaired) electrons. The highest BCUT2D eigenvalue weighted by atomic mass is 79.9. The van der Waals surface area contributed by atoms with Gasteiger partial charge in [-0.3, -0.25) is 10.1 Å². The molecule has 1 heterocycles. The van der Waals surface area contributed by atoms with Crippen LogP contribution in [0.3, 0.4) is 0 Å². The first-order valence-electron chi connectivity index (χ1n) is 6.46. The standard InChI is InChI=1S/C12H16BrN3O4S.ClH/c1-15(9-4-6-14-7-5-9)21(19,20)10-2-3-12(16(17)18)11(13)8-10;/h2-3,8-9,14H,4-7H2,1H3;1H. The van der Waals surface area contributed by atoms with Gasteiger partial charge in [-0.1, -0.05) is 0 Å². The summed E-state index contributed by atoms with van der Waals surface area (Å²) in [5, 5.41) is 14.0. The number of hydrogen-bond donors (Lipinski definition) is 1. The summed E-state index contributed by atoms with van der Waals surface area (Å²) in [5.74, 6) is 0. The maximum atomic E-state index is 12.6. The summed E-state index contributed by atoms with van der Waals surface area (Å²) < 4.78 is 26.7. The van der Waals surface area contributed by atoms with Crippen LogP contribution in [0.5, 0.6) is 0 Å². The SMILES string of the molecule is CN(C1CCNCC1)S(=O)(=O)c1ccc([N+](=O)[O-])c(Br)c1.Cl. The van der Waals surface area contributed by atoms with E-state index >= 15 is 0 Å².